The van der Waals surface area contributed by atoms with E-state index < -0.39 is 5.60 Å². The first kappa shape index (κ1) is 22.8. The molecule has 1 aliphatic carbocycles. The van der Waals surface area contributed by atoms with Crippen molar-refractivity contribution in [3.05, 3.63) is 35.9 Å². The number of nitrogens with zero attached hydrogens (tertiary/aromatic N) is 3. The highest BCUT2D eigenvalue weighted by Crippen LogP contribution is 2.30. The van der Waals surface area contributed by atoms with Crippen LogP contribution in [0.5, 0.6) is 0 Å². The highest BCUT2D eigenvalue weighted by molar-refractivity contribution is 14.0. The van der Waals surface area contributed by atoms with E-state index in [1.54, 1.807) is 0 Å². The van der Waals surface area contributed by atoms with E-state index in [9.17, 15) is 5.11 Å². The van der Waals surface area contributed by atoms with Crippen LogP contribution in [0.4, 0.5) is 0 Å². The molecule has 0 bridgehead atoms. The van der Waals surface area contributed by atoms with Crippen molar-refractivity contribution in [2.24, 2.45) is 4.99 Å². The highest BCUT2D eigenvalue weighted by atomic mass is 127. The maximum absolute atomic E-state index is 10.7. The Labute approximate surface area is 191 Å². The van der Waals surface area contributed by atoms with Crippen LogP contribution >= 0.6 is 24.0 Å². The molecule has 0 spiro atoms. The smallest absolute Gasteiger partial charge is 0.194 e. The normalized spacial score (nSPS) is 26.8. The third kappa shape index (κ3) is 5.62. The number of fused-ring (bicyclic) bond motifs is 1. The van der Waals surface area contributed by atoms with Crippen molar-refractivity contribution < 1.29 is 9.84 Å². The molecule has 1 aromatic carbocycles. The Hall–Kier alpha value is -0.900. The standard InChI is InChI=1S/C22H34N4O2.HI/c1-2-23-21(24-17-22(27)10-6-7-11-22)26-15-19-20(16-26)28-13-12-25(19)14-18-8-4-3-5-9-18;/h3-5,8-9,19-20,27H,2,6-7,10-17H2,1H3,(H,23,24);1H. The average Bonchev–Trinajstić information content (AvgIpc) is 3.33. The first-order valence-electron chi connectivity index (χ1n) is 10.8. The van der Waals surface area contributed by atoms with Crippen LogP contribution in [0.25, 0.3) is 0 Å². The highest BCUT2D eigenvalue weighted by Gasteiger charge is 2.41. The molecular formula is C22H35IN4O2. The third-order valence-corrected chi connectivity index (χ3v) is 6.34. The number of aliphatic imine (C=N–C) groups is 1. The number of likely N-dealkylation sites (tertiary alicyclic amines) is 1. The molecule has 2 N–H and O–H groups in total. The summed E-state index contributed by atoms with van der Waals surface area (Å²) in [6.07, 6.45) is 4.18. The van der Waals surface area contributed by atoms with E-state index >= 15 is 0 Å². The Morgan fingerprint density at radius 2 is 2.00 bits per heavy atom. The first-order valence-corrected chi connectivity index (χ1v) is 10.8. The van der Waals surface area contributed by atoms with Gasteiger partial charge in [0.15, 0.2) is 5.96 Å². The maximum Gasteiger partial charge on any atom is 0.194 e. The summed E-state index contributed by atoms with van der Waals surface area (Å²) < 4.78 is 6.11. The summed E-state index contributed by atoms with van der Waals surface area (Å²) in [5, 5.41) is 14.1. The molecule has 2 atom stereocenters. The Bertz CT molecular complexity index is 666. The lowest BCUT2D eigenvalue weighted by Crippen LogP contribution is -2.50. The van der Waals surface area contributed by atoms with Gasteiger partial charge in [-0.25, -0.2) is 0 Å². The number of morpholine rings is 1. The number of aliphatic hydroxyl groups is 1. The van der Waals surface area contributed by atoms with Crippen LogP contribution in [0.3, 0.4) is 0 Å². The van der Waals surface area contributed by atoms with Gasteiger partial charge in [0.05, 0.1) is 30.9 Å². The Morgan fingerprint density at radius 3 is 2.72 bits per heavy atom. The van der Waals surface area contributed by atoms with Crippen molar-refractivity contribution in [1.29, 1.82) is 0 Å². The minimum Gasteiger partial charge on any atom is -0.388 e. The molecule has 4 rings (SSSR count). The lowest BCUT2D eigenvalue weighted by atomic mass is 10.0. The summed E-state index contributed by atoms with van der Waals surface area (Å²) in [7, 11) is 0. The van der Waals surface area contributed by atoms with Crippen LogP contribution in [0.1, 0.15) is 38.2 Å². The van der Waals surface area contributed by atoms with E-state index in [4.69, 9.17) is 9.73 Å². The quantitative estimate of drug-likeness (QED) is 0.359. The van der Waals surface area contributed by atoms with Crippen molar-refractivity contribution in [3.8, 4) is 0 Å². The van der Waals surface area contributed by atoms with Gasteiger partial charge in [-0.05, 0) is 25.3 Å². The average molecular weight is 514 g/mol. The second-order valence-corrected chi connectivity index (χ2v) is 8.44. The second-order valence-electron chi connectivity index (χ2n) is 8.44. The SMILES string of the molecule is CCNC(=NCC1(O)CCCC1)N1CC2OCCN(Cc3ccccc3)C2C1.I. The fraction of sp³-hybridized carbons (Fsp3) is 0.682. The van der Waals surface area contributed by atoms with E-state index in [1.807, 2.05) is 0 Å². The van der Waals surface area contributed by atoms with E-state index in [2.05, 4.69) is 52.4 Å². The van der Waals surface area contributed by atoms with E-state index in [0.29, 0.717) is 12.6 Å². The fourth-order valence-corrected chi connectivity index (χ4v) is 4.78. The van der Waals surface area contributed by atoms with Crippen LogP contribution < -0.4 is 5.32 Å². The summed E-state index contributed by atoms with van der Waals surface area (Å²) >= 11 is 0. The minimum atomic E-state index is -0.608. The van der Waals surface area contributed by atoms with E-state index in [0.717, 1.165) is 71.0 Å². The molecule has 3 fully saturated rings. The molecule has 2 heterocycles. The molecule has 6 nitrogen and oxygen atoms in total. The van der Waals surface area contributed by atoms with Gasteiger partial charge in [-0.15, -0.1) is 24.0 Å². The molecular weight excluding hydrogens is 479 g/mol. The second kappa shape index (κ2) is 10.4. The first-order chi connectivity index (χ1) is 13.7. The van der Waals surface area contributed by atoms with Crippen molar-refractivity contribution in [3.63, 3.8) is 0 Å². The Kier molecular flexibility index (Phi) is 8.18. The Morgan fingerprint density at radius 1 is 1.24 bits per heavy atom. The van der Waals surface area contributed by atoms with Gasteiger partial charge in [-0.3, -0.25) is 9.89 Å². The molecule has 1 saturated carbocycles. The number of hydrogen-bond donors (Lipinski definition) is 2. The number of benzene rings is 1. The van der Waals surface area contributed by atoms with Gasteiger partial charge in [0.2, 0.25) is 0 Å². The van der Waals surface area contributed by atoms with Crippen LogP contribution in [0.2, 0.25) is 0 Å². The number of rotatable bonds is 5. The van der Waals surface area contributed by atoms with E-state index in [1.165, 1.54) is 5.56 Å². The molecule has 2 unspecified atom stereocenters. The summed E-state index contributed by atoms with van der Waals surface area (Å²) in [5.41, 5.74) is 0.744. The Balaban J connectivity index is 0.00000240. The van der Waals surface area contributed by atoms with Crippen LogP contribution in [-0.4, -0.2) is 77.9 Å². The van der Waals surface area contributed by atoms with Gasteiger partial charge in [0.25, 0.3) is 0 Å². The molecule has 162 valence electrons. The zero-order valence-electron chi connectivity index (χ0n) is 17.4. The largest absolute Gasteiger partial charge is 0.388 e. The fourth-order valence-electron chi connectivity index (χ4n) is 4.78. The molecule has 1 aromatic rings. The molecule has 2 saturated heterocycles. The predicted octanol–water partition coefficient (Wildman–Crippen LogP) is 2.46. The number of halogens is 1. The molecule has 3 aliphatic rings. The number of nitrogens with one attached hydrogen (secondary N) is 1. The van der Waals surface area contributed by atoms with Crippen LogP contribution in [0.15, 0.2) is 35.3 Å². The monoisotopic (exact) mass is 514 g/mol. The lowest BCUT2D eigenvalue weighted by molar-refractivity contribution is -0.0502. The topological polar surface area (TPSA) is 60.3 Å². The van der Waals surface area contributed by atoms with Crippen molar-refractivity contribution in [2.75, 3.05) is 39.3 Å². The van der Waals surface area contributed by atoms with Gasteiger partial charge in [0, 0.05) is 32.7 Å². The number of hydrogen-bond acceptors (Lipinski definition) is 4. The van der Waals surface area contributed by atoms with E-state index in [-0.39, 0.29) is 30.1 Å². The van der Waals surface area contributed by atoms with Crippen LogP contribution in [0, 0.1) is 0 Å². The summed E-state index contributed by atoms with van der Waals surface area (Å²) in [6.45, 7) is 7.93. The van der Waals surface area contributed by atoms with Gasteiger partial charge in [-0.2, -0.15) is 0 Å². The molecule has 0 radical (unpaired) electrons. The predicted molar refractivity (Wildman–Crippen MR) is 127 cm³/mol. The van der Waals surface area contributed by atoms with Crippen molar-refractivity contribution in [2.45, 2.75) is 56.9 Å². The summed E-state index contributed by atoms with van der Waals surface area (Å²) in [4.78, 5) is 9.70. The van der Waals surface area contributed by atoms with Crippen molar-refractivity contribution in [1.82, 2.24) is 15.1 Å². The molecule has 0 aromatic heterocycles. The van der Waals surface area contributed by atoms with Gasteiger partial charge in [-0.1, -0.05) is 43.2 Å². The molecule has 29 heavy (non-hydrogen) atoms. The number of ether oxygens (including phenoxy) is 1. The third-order valence-electron chi connectivity index (χ3n) is 6.34. The van der Waals surface area contributed by atoms with Gasteiger partial charge in [0.1, 0.15) is 0 Å². The lowest BCUT2D eigenvalue weighted by Gasteiger charge is -2.36. The summed E-state index contributed by atoms with van der Waals surface area (Å²) in [6, 6.07) is 11.1. The summed E-state index contributed by atoms with van der Waals surface area (Å²) in [5.74, 6) is 0.917. The minimum absolute atomic E-state index is 0. The van der Waals surface area contributed by atoms with Crippen molar-refractivity contribution >= 4 is 29.9 Å². The molecule has 7 heteroatoms. The van der Waals surface area contributed by atoms with Gasteiger partial charge >= 0.3 is 0 Å². The zero-order valence-corrected chi connectivity index (χ0v) is 19.8. The number of guanidine groups is 1. The molecule has 2 aliphatic heterocycles. The molecule has 0 amide bonds. The van der Waals surface area contributed by atoms with Crippen LogP contribution in [-0.2, 0) is 11.3 Å². The maximum atomic E-state index is 10.7. The zero-order chi connectivity index (χ0) is 19.4. The van der Waals surface area contributed by atoms with Gasteiger partial charge < -0.3 is 20.1 Å².